The van der Waals surface area contributed by atoms with Crippen molar-refractivity contribution in [2.75, 3.05) is 0 Å². The second-order valence-corrected chi connectivity index (χ2v) is 3.78. The Bertz CT molecular complexity index is 627. The summed E-state index contributed by atoms with van der Waals surface area (Å²) in [5.74, 6) is -2.30. The lowest BCUT2D eigenvalue weighted by atomic mass is 10.1. The summed E-state index contributed by atoms with van der Waals surface area (Å²) in [5.41, 5.74) is -0.491. The minimum atomic E-state index is -0.903. The van der Waals surface area contributed by atoms with Crippen molar-refractivity contribution in [2.45, 2.75) is 13.5 Å². The molecule has 94 valence electrons. The lowest BCUT2D eigenvalue weighted by molar-refractivity contribution is 0.461. The van der Waals surface area contributed by atoms with E-state index in [0.29, 0.717) is 6.54 Å². The van der Waals surface area contributed by atoms with Gasteiger partial charge in [0.05, 0.1) is 11.3 Å². The van der Waals surface area contributed by atoms with Gasteiger partial charge in [0.1, 0.15) is 17.4 Å². The number of phenolic OH excluding ortho intramolecular Hbond substituents is 1. The fourth-order valence-corrected chi connectivity index (χ4v) is 1.87. The Morgan fingerprint density at radius 3 is 2.39 bits per heavy atom. The molecule has 0 aliphatic heterocycles. The molecule has 0 atom stereocenters. The molecule has 0 saturated carbocycles. The highest BCUT2D eigenvalue weighted by Crippen LogP contribution is 2.28. The average Bonchev–Trinajstić information content (AvgIpc) is 2.27. The van der Waals surface area contributed by atoms with Crippen molar-refractivity contribution in [3.8, 4) is 17.0 Å². The maximum Gasteiger partial charge on any atom is 0.250 e. The topological polar surface area (TPSA) is 42.2 Å². The molecule has 0 bridgehead atoms. The molecule has 2 aromatic rings. The summed E-state index contributed by atoms with van der Waals surface area (Å²) in [5, 5.41) is 9.10. The monoisotopic (exact) mass is 251 g/mol. The quantitative estimate of drug-likeness (QED) is 0.891. The third-order valence-electron chi connectivity index (χ3n) is 2.65. The highest BCUT2D eigenvalue weighted by molar-refractivity contribution is 5.62. The van der Waals surface area contributed by atoms with E-state index in [2.05, 4.69) is 0 Å². The van der Waals surface area contributed by atoms with Crippen LogP contribution < -0.4 is 5.56 Å². The van der Waals surface area contributed by atoms with E-state index in [-0.39, 0.29) is 16.8 Å². The number of aromatic hydroxyl groups is 1. The Morgan fingerprint density at radius 1 is 1.22 bits per heavy atom. The predicted molar refractivity (Wildman–Crippen MR) is 63.4 cm³/mol. The SMILES string of the molecule is CCn1c(-c2c(F)cc(O)cc2F)cccc1=O. The second-order valence-electron chi connectivity index (χ2n) is 3.78. The zero-order chi connectivity index (χ0) is 13.3. The van der Waals surface area contributed by atoms with Crippen LogP contribution in [0.25, 0.3) is 11.3 Å². The fraction of sp³-hybridized carbons (Fsp3) is 0.154. The highest BCUT2D eigenvalue weighted by Gasteiger charge is 2.16. The van der Waals surface area contributed by atoms with Gasteiger partial charge in [0.25, 0.3) is 5.56 Å². The van der Waals surface area contributed by atoms with Crippen LogP contribution in [0, 0.1) is 11.6 Å². The van der Waals surface area contributed by atoms with Gasteiger partial charge in [-0.15, -0.1) is 0 Å². The van der Waals surface area contributed by atoms with Gasteiger partial charge in [-0.2, -0.15) is 0 Å². The Hall–Kier alpha value is -2.17. The Balaban J connectivity index is 2.78. The van der Waals surface area contributed by atoms with Gasteiger partial charge in [0.2, 0.25) is 0 Å². The zero-order valence-electron chi connectivity index (χ0n) is 9.65. The van der Waals surface area contributed by atoms with E-state index in [1.165, 1.54) is 22.8 Å². The number of pyridine rings is 1. The molecule has 0 saturated heterocycles. The van der Waals surface area contributed by atoms with Gasteiger partial charge in [-0.3, -0.25) is 4.79 Å². The number of rotatable bonds is 2. The van der Waals surface area contributed by atoms with Gasteiger partial charge < -0.3 is 9.67 Å². The third kappa shape index (κ3) is 1.99. The lowest BCUT2D eigenvalue weighted by Crippen LogP contribution is -2.20. The summed E-state index contributed by atoms with van der Waals surface area (Å²) in [6.45, 7) is 2.01. The largest absolute Gasteiger partial charge is 0.508 e. The normalized spacial score (nSPS) is 10.6. The summed E-state index contributed by atoms with van der Waals surface area (Å²) in [6, 6.07) is 5.86. The zero-order valence-corrected chi connectivity index (χ0v) is 9.65. The van der Waals surface area contributed by atoms with E-state index in [9.17, 15) is 13.6 Å². The van der Waals surface area contributed by atoms with Crippen LogP contribution in [-0.4, -0.2) is 9.67 Å². The van der Waals surface area contributed by atoms with E-state index < -0.39 is 17.4 Å². The molecule has 5 heteroatoms. The molecule has 1 heterocycles. The minimum Gasteiger partial charge on any atom is -0.508 e. The van der Waals surface area contributed by atoms with Crippen LogP contribution in [0.3, 0.4) is 0 Å². The molecule has 2 rings (SSSR count). The number of phenols is 1. The van der Waals surface area contributed by atoms with E-state index in [1.807, 2.05) is 0 Å². The van der Waals surface area contributed by atoms with Crippen LogP contribution in [0.2, 0.25) is 0 Å². The molecule has 1 aromatic carbocycles. The average molecular weight is 251 g/mol. The van der Waals surface area contributed by atoms with Crippen molar-refractivity contribution < 1.29 is 13.9 Å². The van der Waals surface area contributed by atoms with Crippen LogP contribution in [0.4, 0.5) is 8.78 Å². The number of nitrogens with zero attached hydrogens (tertiary/aromatic N) is 1. The number of halogens is 2. The van der Waals surface area contributed by atoms with Crippen LogP contribution >= 0.6 is 0 Å². The minimum absolute atomic E-state index is 0.153. The first kappa shape index (κ1) is 12.3. The van der Waals surface area contributed by atoms with Gasteiger partial charge in [-0.05, 0) is 13.0 Å². The van der Waals surface area contributed by atoms with Gasteiger partial charge >= 0.3 is 0 Å². The molecular weight excluding hydrogens is 240 g/mol. The highest BCUT2D eigenvalue weighted by atomic mass is 19.1. The second kappa shape index (κ2) is 4.60. The van der Waals surface area contributed by atoms with E-state index >= 15 is 0 Å². The number of aromatic nitrogens is 1. The fourth-order valence-electron chi connectivity index (χ4n) is 1.87. The molecule has 0 fully saturated rings. The molecule has 1 aromatic heterocycles. The maximum absolute atomic E-state index is 13.7. The number of hydrogen-bond acceptors (Lipinski definition) is 2. The Labute approximate surface area is 102 Å². The van der Waals surface area contributed by atoms with Crippen molar-refractivity contribution in [1.29, 1.82) is 0 Å². The van der Waals surface area contributed by atoms with Crippen molar-refractivity contribution in [3.05, 3.63) is 52.3 Å². The summed E-state index contributed by atoms with van der Waals surface area (Å²) in [4.78, 5) is 11.6. The van der Waals surface area contributed by atoms with Crippen LogP contribution in [-0.2, 0) is 6.54 Å². The molecule has 1 N–H and O–H groups in total. The molecule has 0 radical (unpaired) electrons. The molecule has 18 heavy (non-hydrogen) atoms. The summed E-state index contributed by atoms with van der Waals surface area (Å²) < 4.78 is 28.7. The number of hydrogen-bond donors (Lipinski definition) is 1. The first-order chi connectivity index (χ1) is 8.54. The third-order valence-corrected chi connectivity index (χ3v) is 2.65. The summed E-state index contributed by atoms with van der Waals surface area (Å²) in [6.07, 6.45) is 0. The van der Waals surface area contributed by atoms with Gasteiger partial charge in [0, 0.05) is 24.7 Å². The smallest absolute Gasteiger partial charge is 0.250 e. The molecular formula is C13H11F2NO2. The van der Waals surface area contributed by atoms with E-state index in [4.69, 9.17) is 5.11 Å². The van der Waals surface area contributed by atoms with Gasteiger partial charge in [-0.1, -0.05) is 6.07 Å². The summed E-state index contributed by atoms with van der Waals surface area (Å²) in [7, 11) is 0. The predicted octanol–water partition coefficient (Wildman–Crippen LogP) is 2.52. The van der Waals surface area contributed by atoms with Gasteiger partial charge in [0.15, 0.2) is 0 Å². The first-order valence-corrected chi connectivity index (χ1v) is 5.42. The van der Waals surface area contributed by atoms with Crippen LogP contribution in [0.5, 0.6) is 5.75 Å². The number of benzene rings is 1. The van der Waals surface area contributed by atoms with Crippen molar-refractivity contribution >= 4 is 0 Å². The molecule has 0 spiro atoms. The molecule has 0 amide bonds. The lowest BCUT2D eigenvalue weighted by Gasteiger charge is -2.12. The van der Waals surface area contributed by atoms with Crippen molar-refractivity contribution in [1.82, 2.24) is 4.57 Å². The van der Waals surface area contributed by atoms with Crippen LogP contribution in [0.1, 0.15) is 6.92 Å². The standard InChI is InChI=1S/C13H11F2NO2/c1-2-16-11(4-3-5-12(16)18)13-9(14)6-8(17)7-10(13)15/h3-7,17H,2H2,1H3. The van der Waals surface area contributed by atoms with E-state index in [1.54, 1.807) is 6.92 Å². The van der Waals surface area contributed by atoms with Gasteiger partial charge in [-0.25, -0.2) is 8.78 Å². The van der Waals surface area contributed by atoms with Crippen molar-refractivity contribution in [3.63, 3.8) is 0 Å². The first-order valence-electron chi connectivity index (χ1n) is 5.42. The summed E-state index contributed by atoms with van der Waals surface area (Å²) >= 11 is 0. The maximum atomic E-state index is 13.7. The molecule has 0 aliphatic carbocycles. The van der Waals surface area contributed by atoms with Crippen molar-refractivity contribution in [2.24, 2.45) is 0 Å². The Morgan fingerprint density at radius 2 is 1.83 bits per heavy atom. The molecule has 0 aliphatic rings. The van der Waals surface area contributed by atoms with Crippen LogP contribution in [0.15, 0.2) is 35.1 Å². The molecule has 0 unspecified atom stereocenters. The Kier molecular flexibility index (Phi) is 3.14. The molecule has 3 nitrogen and oxygen atoms in total. The van der Waals surface area contributed by atoms with E-state index in [0.717, 1.165) is 12.1 Å².